The summed E-state index contributed by atoms with van der Waals surface area (Å²) in [7, 11) is 1.91. The number of aryl methyl sites for hydroxylation is 1. The molecule has 6 heteroatoms. The third kappa shape index (κ3) is 2.74. The van der Waals surface area contributed by atoms with Gasteiger partial charge >= 0.3 is 0 Å². The summed E-state index contributed by atoms with van der Waals surface area (Å²) in [6.45, 7) is 2.65. The average molecular weight is 305 g/mol. The smallest absolute Gasteiger partial charge is 0.0653 e. The van der Waals surface area contributed by atoms with Gasteiger partial charge in [0.25, 0.3) is 0 Å². The summed E-state index contributed by atoms with van der Waals surface area (Å²) >= 11 is 17.9. The maximum absolute atomic E-state index is 6.09. The highest BCUT2D eigenvalue weighted by atomic mass is 35.5. The number of benzene rings is 1. The number of aromatic nitrogens is 2. The van der Waals surface area contributed by atoms with Crippen LogP contribution in [-0.4, -0.2) is 9.78 Å². The Kier molecular flexibility index (Phi) is 4.05. The Morgan fingerprint density at radius 3 is 2.44 bits per heavy atom. The average Bonchev–Trinajstić information content (AvgIpc) is 2.63. The molecule has 1 aromatic carbocycles. The molecule has 0 aliphatic rings. The van der Waals surface area contributed by atoms with E-state index in [0.717, 1.165) is 16.9 Å². The second kappa shape index (κ2) is 5.39. The minimum Gasteiger partial charge on any atom is -0.380 e. The second-order valence-corrected chi connectivity index (χ2v) is 5.20. The lowest BCUT2D eigenvalue weighted by Gasteiger charge is -2.09. The van der Waals surface area contributed by atoms with Gasteiger partial charge in [0.15, 0.2) is 0 Å². The first-order valence-corrected chi connectivity index (χ1v) is 6.48. The van der Waals surface area contributed by atoms with Crippen LogP contribution in [0.25, 0.3) is 0 Å². The zero-order valence-electron chi connectivity index (χ0n) is 9.97. The molecular weight excluding hydrogens is 293 g/mol. The Labute approximate surface area is 121 Å². The molecule has 2 aromatic rings. The SMILES string of the molecule is Cc1c(CNc2cc(Cl)c(Cl)cc2Cl)cnn1C. The molecule has 0 saturated carbocycles. The highest BCUT2D eigenvalue weighted by Crippen LogP contribution is 2.32. The first-order valence-electron chi connectivity index (χ1n) is 5.35. The van der Waals surface area contributed by atoms with E-state index in [0.29, 0.717) is 21.6 Å². The summed E-state index contributed by atoms with van der Waals surface area (Å²) in [5.41, 5.74) is 2.98. The van der Waals surface area contributed by atoms with Crippen LogP contribution in [0.3, 0.4) is 0 Å². The molecule has 1 aromatic heterocycles. The van der Waals surface area contributed by atoms with Crippen molar-refractivity contribution in [2.45, 2.75) is 13.5 Å². The molecule has 1 N–H and O–H groups in total. The Balaban J connectivity index is 2.16. The molecule has 0 unspecified atom stereocenters. The predicted octanol–water partition coefficient (Wildman–Crippen LogP) is 4.30. The van der Waals surface area contributed by atoms with Gasteiger partial charge in [-0.05, 0) is 19.1 Å². The molecular formula is C12H12Cl3N3. The number of rotatable bonds is 3. The van der Waals surface area contributed by atoms with Gasteiger partial charge in [0, 0.05) is 24.8 Å². The summed E-state index contributed by atoms with van der Waals surface area (Å²) < 4.78 is 1.83. The van der Waals surface area contributed by atoms with Crippen LogP contribution in [0.4, 0.5) is 5.69 Å². The monoisotopic (exact) mass is 303 g/mol. The van der Waals surface area contributed by atoms with Gasteiger partial charge in [-0.25, -0.2) is 0 Å². The van der Waals surface area contributed by atoms with E-state index in [-0.39, 0.29) is 0 Å². The van der Waals surface area contributed by atoms with E-state index in [1.54, 1.807) is 12.1 Å². The van der Waals surface area contributed by atoms with Crippen molar-refractivity contribution in [3.05, 3.63) is 44.7 Å². The Morgan fingerprint density at radius 2 is 1.83 bits per heavy atom. The lowest BCUT2D eigenvalue weighted by molar-refractivity contribution is 0.738. The molecule has 96 valence electrons. The van der Waals surface area contributed by atoms with Crippen LogP contribution in [0, 0.1) is 6.92 Å². The molecule has 0 radical (unpaired) electrons. The summed E-state index contributed by atoms with van der Waals surface area (Å²) in [5, 5.41) is 8.88. The van der Waals surface area contributed by atoms with Gasteiger partial charge < -0.3 is 5.32 Å². The fourth-order valence-electron chi connectivity index (χ4n) is 1.57. The van der Waals surface area contributed by atoms with E-state index in [2.05, 4.69) is 10.4 Å². The Hall–Kier alpha value is -0.900. The van der Waals surface area contributed by atoms with Crippen molar-refractivity contribution >= 4 is 40.5 Å². The molecule has 0 fully saturated rings. The molecule has 0 aliphatic heterocycles. The van der Waals surface area contributed by atoms with Gasteiger partial charge in [0.2, 0.25) is 0 Å². The van der Waals surface area contributed by atoms with Crippen molar-refractivity contribution in [1.82, 2.24) is 9.78 Å². The quantitative estimate of drug-likeness (QED) is 0.857. The van der Waals surface area contributed by atoms with Gasteiger partial charge in [-0.2, -0.15) is 5.10 Å². The molecule has 0 atom stereocenters. The topological polar surface area (TPSA) is 29.9 Å². The number of hydrogen-bond donors (Lipinski definition) is 1. The van der Waals surface area contributed by atoms with Crippen LogP contribution in [0.15, 0.2) is 18.3 Å². The largest absolute Gasteiger partial charge is 0.380 e. The molecule has 2 rings (SSSR count). The molecule has 0 aliphatic carbocycles. The zero-order valence-corrected chi connectivity index (χ0v) is 12.2. The molecule has 3 nitrogen and oxygen atoms in total. The summed E-state index contributed by atoms with van der Waals surface area (Å²) in [5.74, 6) is 0. The van der Waals surface area contributed by atoms with E-state index in [4.69, 9.17) is 34.8 Å². The lowest BCUT2D eigenvalue weighted by atomic mass is 10.2. The maximum atomic E-state index is 6.09. The van der Waals surface area contributed by atoms with Crippen molar-refractivity contribution in [2.24, 2.45) is 7.05 Å². The van der Waals surface area contributed by atoms with Crippen LogP contribution in [0.5, 0.6) is 0 Å². The van der Waals surface area contributed by atoms with Crippen molar-refractivity contribution in [2.75, 3.05) is 5.32 Å². The Morgan fingerprint density at radius 1 is 1.17 bits per heavy atom. The minimum atomic E-state index is 0.449. The number of hydrogen-bond acceptors (Lipinski definition) is 2. The number of nitrogens with one attached hydrogen (secondary N) is 1. The van der Waals surface area contributed by atoms with Crippen LogP contribution in [0.1, 0.15) is 11.3 Å². The van der Waals surface area contributed by atoms with Crippen molar-refractivity contribution in [1.29, 1.82) is 0 Å². The molecule has 0 bridgehead atoms. The first-order chi connectivity index (χ1) is 8.49. The molecule has 0 spiro atoms. The van der Waals surface area contributed by atoms with Gasteiger partial charge in [-0.1, -0.05) is 34.8 Å². The van der Waals surface area contributed by atoms with E-state index >= 15 is 0 Å². The normalized spacial score (nSPS) is 10.7. The third-order valence-corrected chi connectivity index (χ3v) is 3.85. The van der Waals surface area contributed by atoms with Gasteiger partial charge in [0.1, 0.15) is 0 Å². The fourth-order valence-corrected chi connectivity index (χ4v) is 2.18. The molecule has 1 heterocycles. The van der Waals surface area contributed by atoms with Gasteiger partial charge in [-0.3, -0.25) is 4.68 Å². The standard InChI is InChI=1S/C12H12Cl3N3/c1-7-8(6-17-18(7)2)5-16-12-4-10(14)9(13)3-11(12)15/h3-4,6,16H,5H2,1-2H3. The van der Waals surface area contributed by atoms with Crippen molar-refractivity contribution in [3.63, 3.8) is 0 Å². The zero-order chi connectivity index (χ0) is 13.3. The van der Waals surface area contributed by atoms with Gasteiger partial charge in [-0.15, -0.1) is 0 Å². The van der Waals surface area contributed by atoms with Crippen LogP contribution < -0.4 is 5.32 Å². The number of halogens is 3. The number of anilines is 1. The molecule has 18 heavy (non-hydrogen) atoms. The first kappa shape index (κ1) is 13.5. The van der Waals surface area contributed by atoms with E-state index in [9.17, 15) is 0 Å². The van der Waals surface area contributed by atoms with Crippen LogP contribution >= 0.6 is 34.8 Å². The van der Waals surface area contributed by atoms with Gasteiger partial charge in [0.05, 0.1) is 27.0 Å². The minimum absolute atomic E-state index is 0.449. The lowest BCUT2D eigenvalue weighted by Crippen LogP contribution is -2.02. The third-order valence-electron chi connectivity index (χ3n) is 2.82. The maximum Gasteiger partial charge on any atom is 0.0653 e. The molecule has 0 saturated heterocycles. The second-order valence-electron chi connectivity index (χ2n) is 3.98. The van der Waals surface area contributed by atoms with E-state index in [1.807, 2.05) is 24.9 Å². The van der Waals surface area contributed by atoms with Crippen LogP contribution in [0.2, 0.25) is 15.1 Å². The Bertz CT molecular complexity index is 578. The van der Waals surface area contributed by atoms with E-state index in [1.165, 1.54) is 0 Å². The molecule has 0 amide bonds. The highest BCUT2D eigenvalue weighted by Gasteiger charge is 2.07. The summed E-state index contributed by atoms with van der Waals surface area (Å²) in [6.07, 6.45) is 1.83. The number of nitrogens with zero attached hydrogens (tertiary/aromatic N) is 2. The fraction of sp³-hybridized carbons (Fsp3) is 0.250. The predicted molar refractivity (Wildman–Crippen MR) is 76.7 cm³/mol. The van der Waals surface area contributed by atoms with Crippen molar-refractivity contribution < 1.29 is 0 Å². The summed E-state index contributed by atoms with van der Waals surface area (Å²) in [6, 6.07) is 3.35. The van der Waals surface area contributed by atoms with Crippen LogP contribution in [-0.2, 0) is 13.6 Å². The van der Waals surface area contributed by atoms with E-state index < -0.39 is 0 Å². The highest BCUT2D eigenvalue weighted by molar-refractivity contribution is 6.44. The summed E-state index contributed by atoms with van der Waals surface area (Å²) in [4.78, 5) is 0. The van der Waals surface area contributed by atoms with Crippen molar-refractivity contribution in [3.8, 4) is 0 Å².